The van der Waals surface area contributed by atoms with E-state index in [9.17, 15) is 38.4 Å². The molecule has 0 aliphatic carbocycles. The predicted octanol–water partition coefficient (Wildman–Crippen LogP) is 1.35. The average molecular weight is 1080 g/mol. The summed E-state index contributed by atoms with van der Waals surface area (Å²) >= 11 is 1.49. The van der Waals surface area contributed by atoms with E-state index in [1.165, 1.54) is 49.4 Å². The van der Waals surface area contributed by atoms with Crippen molar-refractivity contribution < 1.29 is 43.1 Å². The fourth-order valence-electron chi connectivity index (χ4n) is 8.08. The second-order valence-electron chi connectivity index (χ2n) is 19.1. The lowest BCUT2D eigenvalue weighted by Gasteiger charge is -2.33. The molecule has 76 heavy (non-hydrogen) atoms. The van der Waals surface area contributed by atoms with Gasteiger partial charge in [0.05, 0.1) is 32.8 Å². The number of hydrogen-bond donors (Lipinski definition) is 7. The van der Waals surface area contributed by atoms with Crippen LogP contribution in [-0.2, 0) is 44.9 Å². The number of ether oxygens (including phenoxy) is 1. The first-order valence-corrected chi connectivity index (χ1v) is 27.7. The molecule has 0 heterocycles. The number of primary amides is 1. The number of nitrogens with two attached hydrogens (primary N) is 4. The number of carbonyl (C=O) groups is 8. The molecule has 11 N–H and O–H groups in total. The number of benzene rings is 2. The Morgan fingerprint density at radius 1 is 0.671 bits per heavy atom. The Kier molecular flexibility index (Phi) is 32.7. The molecular weight excluding hydrogens is 993 g/mol. The minimum Gasteiger partial charge on any atom is -0.497 e. The highest BCUT2D eigenvalue weighted by Crippen LogP contribution is 2.21. The number of carbonyl (C=O) groups excluding carboxylic acids is 8. The van der Waals surface area contributed by atoms with Gasteiger partial charge in [-0.15, -0.1) is 6.58 Å². The average Bonchev–Trinajstić information content (AvgIpc) is 3.39. The molecule has 8 amide bonds. The summed E-state index contributed by atoms with van der Waals surface area (Å²) in [6.07, 6.45) is 7.66. The van der Waals surface area contributed by atoms with Crippen molar-refractivity contribution >= 4 is 59.0 Å². The van der Waals surface area contributed by atoms with Crippen LogP contribution in [0.3, 0.4) is 0 Å². The van der Waals surface area contributed by atoms with Gasteiger partial charge >= 0.3 is 0 Å². The summed E-state index contributed by atoms with van der Waals surface area (Å²) in [5.74, 6) is -3.44. The van der Waals surface area contributed by atoms with Gasteiger partial charge in [0.2, 0.25) is 47.3 Å². The number of nitrogens with one attached hydrogen (secondary N) is 3. The van der Waals surface area contributed by atoms with E-state index in [0.29, 0.717) is 80.9 Å². The van der Waals surface area contributed by atoms with E-state index in [0.717, 1.165) is 12.8 Å². The first-order chi connectivity index (χ1) is 36.4. The highest BCUT2D eigenvalue weighted by atomic mass is 32.2. The Morgan fingerprint density at radius 2 is 1.26 bits per heavy atom. The maximum absolute atomic E-state index is 14.6. The SMILES string of the molecule is C=CCN(CC(=O)N(CC(=O)NC(CCCCN)C(=O)NC(CCSC)C(N)=O)C(C)c1ccccc1)C(=O)CN(CC(C)C)C(=O)CN(Cc1ccc(OC)cc1)C(=O)CN(CCCCN)C(=O)CNCCCCN. The predicted molar refractivity (Wildman–Crippen MR) is 298 cm³/mol. The highest BCUT2D eigenvalue weighted by molar-refractivity contribution is 7.98. The molecule has 0 fully saturated rings. The zero-order valence-corrected chi connectivity index (χ0v) is 46.5. The van der Waals surface area contributed by atoms with E-state index in [1.54, 1.807) is 55.5 Å². The number of unbranched alkanes of at least 4 members (excludes halogenated alkanes) is 3. The maximum atomic E-state index is 14.6. The van der Waals surface area contributed by atoms with Crippen LogP contribution in [0.15, 0.2) is 67.3 Å². The molecule has 21 nitrogen and oxygen atoms in total. The Hall–Kier alpha value is -6.07. The number of nitrogens with zero attached hydrogens (tertiary/aromatic N) is 5. The molecule has 2 aromatic rings. The summed E-state index contributed by atoms with van der Waals surface area (Å²) in [5.41, 5.74) is 24.1. The van der Waals surface area contributed by atoms with Gasteiger partial charge in [-0.25, -0.2) is 0 Å². The van der Waals surface area contributed by atoms with Crippen molar-refractivity contribution in [3.8, 4) is 5.75 Å². The van der Waals surface area contributed by atoms with Crippen molar-refractivity contribution in [3.63, 3.8) is 0 Å². The first-order valence-electron chi connectivity index (χ1n) is 26.3. The maximum Gasteiger partial charge on any atom is 0.243 e. The molecular formula is C54H88N12O9S. The van der Waals surface area contributed by atoms with Gasteiger partial charge in [-0.3, -0.25) is 38.4 Å². The molecule has 3 atom stereocenters. The van der Waals surface area contributed by atoms with Crippen LogP contribution in [0.5, 0.6) is 5.75 Å². The fourth-order valence-corrected chi connectivity index (χ4v) is 8.55. The minimum atomic E-state index is -1.08. The monoisotopic (exact) mass is 1080 g/mol. The van der Waals surface area contributed by atoms with Gasteiger partial charge in [-0.2, -0.15) is 11.8 Å². The summed E-state index contributed by atoms with van der Waals surface area (Å²) < 4.78 is 5.34. The van der Waals surface area contributed by atoms with Crippen molar-refractivity contribution in [2.24, 2.45) is 28.9 Å². The highest BCUT2D eigenvalue weighted by Gasteiger charge is 2.32. The molecule has 0 saturated heterocycles. The van der Waals surface area contributed by atoms with Gasteiger partial charge < -0.3 is 68.1 Å². The smallest absolute Gasteiger partial charge is 0.243 e. The summed E-state index contributed by atoms with van der Waals surface area (Å²) in [5, 5.41) is 8.57. The lowest BCUT2D eigenvalue weighted by molar-refractivity contribution is -0.148. The largest absolute Gasteiger partial charge is 0.497 e. The molecule has 424 valence electrons. The van der Waals surface area contributed by atoms with Gasteiger partial charge in [0.25, 0.3) is 0 Å². The van der Waals surface area contributed by atoms with Crippen LogP contribution in [0.25, 0.3) is 0 Å². The molecule has 0 radical (unpaired) electrons. The molecule has 0 bridgehead atoms. The van der Waals surface area contributed by atoms with Crippen LogP contribution in [-0.4, -0.2) is 188 Å². The van der Waals surface area contributed by atoms with Gasteiger partial charge in [0, 0.05) is 26.2 Å². The Labute approximate surface area is 454 Å². The van der Waals surface area contributed by atoms with Crippen molar-refractivity contribution in [3.05, 3.63) is 78.4 Å². The van der Waals surface area contributed by atoms with Crippen molar-refractivity contribution in [2.45, 2.75) is 96.8 Å². The van der Waals surface area contributed by atoms with Crippen molar-refractivity contribution in [1.29, 1.82) is 0 Å². The number of methoxy groups -OCH3 is 1. The number of amides is 8. The molecule has 0 aromatic heterocycles. The van der Waals surface area contributed by atoms with Crippen LogP contribution in [0.4, 0.5) is 0 Å². The topological polar surface area (TPSA) is 302 Å². The second-order valence-corrected chi connectivity index (χ2v) is 20.1. The zero-order valence-electron chi connectivity index (χ0n) is 45.7. The molecule has 0 aliphatic rings. The lowest BCUT2D eigenvalue weighted by atomic mass is 10.1. The number of rotatable bonds is 40. The third-order valence-corrected chi connectivity index (χ3v) is 13.0. The Morgan fingerprint density at radius 3 is 1.87 bits per heavy atom. The molecule has 3 unspecified atom stereocenters. The van der Waals surface area contributed by atoms with Gasteiger partial charge in [-0.1, -0.05) is 62.4 Å². The molecule has 0 saturated carbocycles. The number of hydrogen-bond acceptors (Lipinski definition) is 14. The molecule has 0 aliphatic heterocycles. The normalized spacial score (nSPS) is 12.2. The van der Waals surface area contributed by atoms with Gasteiger partial charge in [0.1, 0.15) is 37.5 Å². The van der Waals surface area contributed by atoms with Gasteiger partial charge in [0.15, 0.2) is 0 Å². The molecule has 22 heteroatoms. The van der Waals surface area contributed by atoms with E-state index in [-0.39, 0.29) is 57.5 Å². The summed E-state index contributed by atoms with van der Waals surface area (Å²) in [7, 11) is 1.54. The zero-order chi connectivity index (χ0) is 56.4. The van der Waals surface area contributed by atoms with Crippen LogP contribution in [0, 0.1) is 5.92 Å². The van der Waals surface area contributed by atoms with E-state index in [2.05, 4.69) is 22.5 Å². The molecule has 0 spiro atoms. The lowest BCUT2D eigenvalue weighted by Crippen LogP contribution is -2.55. The van der Waals surface area contributed by atoms with Crippen molar-refractivity contribution in [2.75, 3.05) is 104 Å². The first kappa shape index (κ1) is 66.0. The standard InChI is InChI=1S/C54H88N12O9S/c1-7-29-62(39-52(72)66(41(4)43-17-9-8-10-18-43)35-47(67)60-46(19-11-12-25-55)54(74)61-45(53(58)73)24-31-76-6)49(69)37-64(33-40(2)3)51(71)38-65(34-42-20-22-44(75-5)23-21-42)50(70)36-63(30-16-14-27-57)48(68)32-59-28-15-13-26-56/h7-10,17-18,20-23,40-41,45-46,59H,1,11-16,19,24-39,55-57H2,2-6H3,(H2,58,73)(H,60,67)(H,61,74). The van der Waals surface area contributed by atoms with E-state index in [4.69, 9.17) is 27.7 Å². The Bertz CT molecular complexity index is 2100. The van der Waals surface area contributed by atoms with Gasteiger partial charge in [-0.05, 0) is 126 Å². The third kappa shape index (κ3) is 25.2. The van der Waals surface area contributed by atoms with E-state index >= 15 is 0 Å². The van der Waals surface area contributed by atoms with E-state index < -0.39 is 85.7 Å². The summed E-state index contributed by atoms with van der Waals surface area (Å²) in [6.45, 7) is 9.33. The Balaban J connectivity index is 2.47. The summed E-state index contributed by atoms with van der Waals surface area (Å²) in [6, 6.07) is 13.3. The van der Waals surface area contributed by atoms with Crippen LogP contribution in [0.1, 0.15) is 89.3 Å². The van der Waals surface area contributed by atoms with Crippen LogP contribution >= 0.6 is 11.8 Å². The van der Waals surface area contributed by atoms with Crippen molar-refractivity contribution in [1.82, 2.24) is 40.4 Å². The summed E-state index contributed by atoms with van der Waals surface area (Å²) in [4.78, 5) is 118. The van der Waals surface area contributed by atoms with Crippen LogP contribution < -0.4 is 43.6 Å². The second kappa shape index (κ2) is 37.6. The third-order valence-electron chi connectivity index (χ3n) is 12.4. The fraction of sp³-hybridized carbons (Fsp3) is 0.593. The number of thioether (sulfide) groups is 1. The molecule has 2 rings (SSSR count). The van der Waals surface area contributed by atoms with E-state index in [1.807, 2.05) is 26.2 Å². The molecule has 2 aromatic carbocycles. The minimum absolute atomic E-state index is 0.00547. The quantitative estimate of drug-likeness (QED) is 0.0366. The van der Waals surface area contributed by atoms with Crippen LogP contribution in [0.2, 0.25) is 0 Å².